The topological polar surface area (TPSA) is 77.2 Å². The van der Waals surface area contributed by atoms with Crippen LogP contribution in [0.1, 0.15) is 27.9 Å². The Morgan fingerprint density at radius 3 is 2.80 bits per heavy atom. The van der Waals surface area contributed by atoms with Crippen molar-refractivity contribution in [3.8, 4) is 5.75 Å². The molecule has 1 heterocycles. The second-order valence-corrected chi connectivity index (χ2v) is 5.47. The third kappa shape index (κ3) is 2.91. The van der Waals surface area contributed by atoms with Gasteiger partial charge in [-0.25, -0.2) is 4.98 Å². The van der Waals surface area contributed by atoms with Gasteiger partial charge in [-0.3, -0.25) is 10.1 Å². The highest BCUT2D eigenvalue weighted by Gasteiger charge is 2.16. The van der Waals surface area contributed by atoms with E-state index in [1.807, 2.05) is 20.8 Å². The van der Waals surface area contributed by atoms with Crippen molar-refractivity contribution < 1.29 is 9.53 Å². The smallest absolute Gasteiger partial charge is 0.261 e. The number of carbonyl (C=O) groups is 1. The largest absolute Gasteiger partial charge is 0.491 e. The number of ether oxygens (including phenoxy) is 1. The molecule has 0 atom stereocenters. The van der Waals surface area contributed by atoms with Gasteiger partial charge in [0.05, 0.1) is 23.6 Å². The van der Waals surface area contributed by atoms with Crippen LogP contribution >= 0.6 is 11.3 Å². The third-order valence-electron chi connectivity index (χ3n) is 2.83. The van der Waals surface area contributed by atoms with Gasteiger partial charge in [0.25, 0.3) is 5.91 Å². The minimum Gasteiger partial charge on any atom is -0.491 e. The summed E-state index contributed by atoms with van der Waals surface area (Å²) in [6.45, 7) is 6.17. The van der Waals surface area contributed by atoms with Crippen molar-refractivity contribution in [3.05, 3.63) is 34.3 Å². The van der Waals surface area contributed by atoms with E-state index in [0.717, 1.165) is 10.6 Å². The summed E-state index contributed by atoms with van der Waals surface area (Å²) in [7, 11) is 0. The molecule has 2 rings (SSSR count). The maximum absolute atomic E-state index is 12.3. The zero-order valence-corrected chi connectivity index (χ0v) is 12.5. The summed E-state index contributed by atoms with van der Waals surface area (Å²) in [4.78, 5) is 17.7. The molecule has 2 aromatic rings. The first kappa shape index (κ1) is 14.3. The quantitative estimate of drug-likeness (QED) is 0.849. The van der Waals surface area contributed by atoms with Gasteiger partial charge in [-0.2, -0.15) is 0 Å². The molecule has 0 spiro atoms. The number of hydrogen-bond acceptors (Lipinski definition) is 5. The maximum atomic E-state index is 12.3. The van der Waals surface area contributed by atoms with E-state index < -0.39 is 0 Å². The standard InChI is InChI=1S/C14H17N3O2S/c1-4-19-12-10(6-5-7-11(12)15)13(18)17-14-16-8(2)9(3)20-14/h5-7H,4,15H2,1-3H3,(H,16,17,18). The molecule has 3 N–H and O–H groups in total. The lowest BCUT2D eigenvalue weighted by Gasteiger charge is -2.11. The van der Waals surface area contributed by atoms with Crippen molar-refractivity contribution >= 4 is 28.1 Å². The molecule has 1 amide bonds. The Morgan fingerprint density at radius 1 is 1.45 bits per heavy atom. The van der Waals surface area contributed by atoms with E-state index in [-0.39, 0.29) is 5.91 Å². The Bertz CT molecular complexity index is 618. The Kier molecular flexibility index (Phi) is 4.24. The molecule has 0 unspecified atom stereocenters. The molecule has 20 heavy (non-hydrogen) atoms. The maximum Gasteiger partial charge on any atom is 0.261 e. The predicted octanol–water partition coefficient (Wildman–Crippen LogP) is 2.99. The number of nitrogens with zero attached hydrogens (tertiary/aromatic N) is 1. The SMILES string of the molecule is CCOc1c(N)cccc1C(=O)Nc1nc(C)c(C)s1. The van der Waals surface area contributed by atoms with Gasteiger partial charge in [0, 0.05) is 4.88 Å². The number of aromatic nitrogens is 1. The van der Waals surface area contributed by atoms with E-state index >= 15 is 0 Å². The molecule has 1 aromatic heterocycles. The number of nitrogens with one attached hydrogen (secondary N) is 1. The van der Waals surface area contributed by atoms with Crippen molar-refractivity contribution in [1.29, 1.82) is 0 Å². The van der Waals surface area contributed by atoms with Gasteiger partial charge >= 0.3 is 0 Å². The molecule has 0 saturated carbocycles. The Balaban J connectivity index is 2.27. The number of carbonyl (C=O) groups excluding carboxylic acids is 1. The van der Waals surface area contributed by atoms with Gasteiger partial charge in [-0.1, -0.05) is 6.07 Å². The van der Waals surface area contributed by atoms with Crippen LogP contribution in [0.25, 0.3) is 0 Å². The summed E-state index contributed by atoms with van der Waals surface area (Å²) in [5.41, 5.74) is 7.63. The summed E-state index contributed by atoms with van der Waals surface area (Å²) in [6.07, 6.45) is 0. The number of para-hydroxylation sites is 1. The fourth-order valence-corrected chi connectivity index (χ4v) is 2.54. The molecule has 0 aliphatic heterocycles. The van der Waals surface area contributed by atoms with Gasteiger partial charge in [0.2, 0.25) is 0 Å². The highest BCUT2D eigenvalue weighted by atomic mass is 32.1. The lowest BCUT2D eigenvalue weighted by Crippen LogP contribution is -2.14. The Labute approximate surface area is 121 Å². The van der Waals surface area contributed by atoms with Crippen molar-refractivity contribution in [2.24, 2.45) is 0 Å². The fraction of sp³-hybridized carbons (Fsp3) is 0.286. The van der Waals surface area contributed by atoms with Gasteiger partial charge in [-0.15, -0.1) is 11.3 Å². The molecule has 0 aliphatic rings. The lowest BCUT2D eigenvalue weighted by atomic mass is 10.1. The monoisotopic (exact) mass is 291 g/mol. The van der Waals surface area contributed by atoms with Crippen molar-refractivity contribution in [1.82, 2.24) is 4.98 Å². The van der Waals surface area contributed by atoms with E-state index in [4.69, 9.17) is 10.5 Å². The molecule has 0 radical (unpaired) electrons. The molecule has 0 saturated heterocycles. The second kappa shape index (κ2) is 5.92. The van der Waals surface area contributed by atoms with Crippen LogP contribution in [0.3, 0.4) is 0 Å². The number of amides is 1. The van der Waals surface area contributed by atoms with Gasteiger partial charge in [0.15, 0.2) is 10.9 Å². The van der Waals surface area contributed by atoms with Crippen LogP contribution in [-0.4, -0.2) is 17.5 Å². The minimum atomic E-state index is -0.269. The first-order valence-corrected chi connectivity index (χ1v) is 7.11. The molecule has 0 fully saturated rings. The van der Waals surface area contributed by atoms with Crippen LogP contribution in [0.5, 0.6) is 5.75 Å². The van der Waals surface area contributed by atoms with E-state index in [1.165, 1.54) is 11.3 Å². The van der Waals surface area contributed by atoms with Gasteiger partial charge < -0.3 is 10.5 Å². The van der Waals surface area contributed by atoms with Gasteiger partial charge in [-0.05, 0) is 32.9 Å². The van der Waals surface area contributed by atoms with Crippen molar-refractivity contribution in [2.45, 2.75) is 20.8 Å². The van der Waals surface area contributed by atoms with Crippen LogP contribution in [0, 0.1) is 13.8 Å². The first-order chi connectivity index (χ1) is 9.52. The van der Waals surface area contributed by atoms with E-state index in [2.05, 4.69) is 10.3 Å². The number of anilines is 2. The normalized spacial score (nSPS) is 10.3. The van der Waals surface area contributed by atoms with Crippen LogP contribution in [0.4, 0.5) is 10.8 Å². The molecule has 5 nitrogen and oxygen atoms in total. The number of nitrogens with two attached hydrogens (primary N) is 1. The van der Waals surface area contributed by atoms with E-state index in [1.54, 1.807) is 18.2 Å². The highest BCUT2D eigenvalue weighted by Crippen LogP contribution is 2.28. The zero-order valence-electron chi connectivity index (χ0n) is 11.7. The summed E-state index contributed by atoms with van der Waals surface area (Å²) in [5, 5.41) is 3.36. The Morgan fingerprint density at radius 2 is 2.20 bits per heavy atom. The molecule has 1 aromatic carbocycles. The van der Waals surface area contributed by atoms with Crippen molar-refractivity contribution in [2.75, 3.05) is 17.7 Å². The van der Waals surface area contributed by atoms with Crippen LogP contribution in [-0.2, 0) is 0 Å². The molecular formula is C14H17N3O2S. The van der Waals surface area contributed by atoms with Crippen molar-refractivity contribution in [3.63, 3.8) is 0 Å². The zero-order chi connectivity index (χ0) is 14.7. The molecule has 106 valence electrons. The van der Waals surface area contributed by atoms with Crippen LogP contribution in [0.15, 0.2) is 18.2 Å². The number of benzene rings is 1. The second-order valence-electron chi connectivity index (χ2n) is 4.27. The minimum absolute atomic E-state index is 0.269. The van der Waals surface area contributed by atoms with Gasteiger partial charge in [0.1, 0.15) is 0 Å². The highest BCUT2D eigenvalue weighted by molar-refractivity contribution is 7.15. The average molecular weight is 291 g/mol. The number of thiazole rings is 1. The van der Waals surface area contributed by atoms with Crippen LogP contribution < -0.4 is 15.8 Å². The number of hydrogen-bond donors (Lipinski definition) is 2. The van der Waals surface area contributed by atoms with E-state index in [0.29, 0.717) is 28.7 Å². The number of aryl methyl sites for hydroxylation is 2. The summed E-state index contributed by atoms with van der Waals surface area (Å²) < 4.78 is 5.45. The number of rotatable bonds is 4. The molecule has 0 aliphatic carbocycles. The predicted molar refractivity (Wildman–Crippen MR) is 81.6 cm³/mol. The lowest BCUT2D eigenvalue weighted by molar-refractivity contribution is 0.102. The summed E-state index contributed by atoms with van der Waals surface area (Å²) >= 11 is 1.45. The average Bonchev–Trinajstić information content (AvgIpc) is 2.70. The third-order valence-corrected chi connectivity index (χ3v) is 3.82. The summed E-state index contributed by atoms with van der Waals surface area (Å²) in [5.74, 6) is 0.145. The summed E-state index contributed by atoms with van der Waals surface area (Å²) in [6, 6.07) is 5.12. The van der Waals surface area contributed by atoms with Crippen LogP contribution in [0.2, 0.25) is 0 Å². The Hall–Kier alpha value is -2.08. The van der Waals surface area contributed by atoms with E-state index in [9.17, 15) is 4.79 Å². The molecule has 6 heteroatoms. The molecule has 0 bridgehead atoms. The molecular weight excluding hydrogens is 274 g/mol. The fourth-order valence-electron chi connectivity index (χ4n) is 1.73. The number of nitrogen functional groups attached to an aromatic ring is 1. The first-order valence-electron chi connectivity index (χ1n) is 6.29.